The number of carboxylic acid groups (broad SMARTS) is 1. The highest BCUT2D eigenvalue weighted by Gasteiger charge is 2.56. The minimum Gasteiger partial charge on any atom is -0.479 e. The lowest BCUT2D eigenvalue weighted by Crippen LogP contribution is -2.68. The van der Waals surface area contributed by atoms with Gasteiger partial charge < -0.3 is 99.5 Å². The van der Waals surface area contributed by atoms with Crippen molar-refractivity contribution in [2.75, 3.05) is 13.2 Å². The first kappa shape index (κ1) is 36.5. The first-order valence-corrected chi connectivity index (χ1v) is 14.0. The van der Waals surface area contributed by atoms with Crippen LogP contribution in [0.3, 0.4) is 0 Å². The molecule has 0 spiro atoms. The third-order valence-electron chi connectivity index (χ3n) is 8.13. The minimum atomic E-state index is -2.25. The van der Waals surface area contributed by atoms with Crippen molar-refractivity contribution in [1.29, 1.82) is 0 Å². The van der Waals surface area contributed by atoms with E-state index in [2.05, 4.69) is 0 Å². The number of hydrogen-bond acceptors (Lipinski definition) is 20. The zero-order chi connectivity index (χ0) is 33.5. The lowest BCUT2D eigenvalue weighted by atomic mass is 9.95. The van der Waals surface area contributed by atoms with Crippen molar-refractivity contribution in [1.82, 2.24) is 0 Å². The minimum absolute atomic E-state index is 0.856. The molecule has 0 bridgehead atoms. The molecule has 4 saturated heterocycles. The maximum absolute atomic E-state index is 11.7. The third-order valence-corrected chi connectivity index (χ3v) is 8.13. The van der Waals surface area contributed by atoms with Gasteiger partial charge in [0.15, 0.2) is 31.3 Å². The summed E-state index contributed by atoms with van der Waals surface area (Å²) >= 11 is 0. The highest BCUT2D eigenvalue weighted by molar-refractivity contribution is 5.73. The van der Waals surface area contributed by atoms with Gasteiger partial charge in [0.1, 0.15) is 85.5 Å². The number of rotatable bonds is 9. The molecule has 0 amide bonds. The van der Waals surface area contributed by atoms with Crippen LogP contribution < -0.4 is 0 Å². The van der Waals surface area contributed by atoms with E-state index in [0.29, 0.717) is 0 Å². The topological polar surface area (TPSA) is 345 Å². The average molecular weight is 665 g/mol. The van der Waals surface area contributed by atoms with Crippen LogP contribution >= 0.6 is 0 Å². The predicted octanol–water partition coefficient (Wildman–Crippen LogP) is -8.63. The van der Waals surface area contributed by atoms with E-state index in [1.807, 2.05) is 0 Å². The molecule has 4 aliphatic heterocycles. The molecule has 0 saturated carbocycles. The zero-order valence-electron chi connectivity index (χ0n) is 23.5. The van der Waals surface area contributed by atoms with Crippen molar-refractivity contribution in [2.24, 2.45) is 0 Å². The Labute approximate surface area is 253 Å². The summed E-state index contributed by atoms with van der Waals surface area (Å²) in [6, 6.07) is 0. The number of aliphatic carboxylic acids is 1. The van der Waals surface area contributed by atoms with Crippen LogP contribution in [0.15, 0.2) is 0 Å². The zero-order valence-corrected chi connectivity index (χ0v) is 23.5. The number of aliphatic hydroxyl groups excluding tert-OH is 12. The summed E-state index contributed by atoms with van der Waals surface area (Å²) in [5.74, 6) is -1.78. The standard InChI is InChI=1S/C24H40O21/c1-4-7(27)9(29)12(32)22(39-4)43-16-6(3-26)41-24(14(34)11(16)31)44-17-15(35)18(20(36)37)42-21(38)19(17)45-23-13(33)10(30)8(28)5(2-25)40-23/h4-19,21-35,38H,2-3H2,1H3,(H,36,37)/t4-,5+,6+,7-,8+,9+,10-,11+,12+,13+,14+,15-,16-,17-,18-,19+,21+,22-,23-,24-/m0/s1. The van der Waals surface area contributed by atoms with Gasteiger partial charge in [-0.25, -0.2) is 4.79 Å². The van der Waals surface area contributed by atoms with Crippen molar-refractivity contribution in [3.8, 4) is 0 Å². The fourth-order valence-corrected chi connectivity index (χ4v) is 5.45. The smallest absolute Gasteiger partial charge is 0.335 e. The summed E-state index contributed by atoms with van der Waals surface area (Å²) in [7, 11) is 0. The van der Waals surface area contributed by atoms with Gasteiger partial charge in [0, 0.05) is 0 Å². The summed E-state index contributed by atoms with van der Waals surface area (Å²) < 4.78 is 37.5. The fourth-order valence-electron chi connectivity index (χ4n) is 5.45. The summed E-state index contributed by atoms with van der Waals surface area (Å²) in [4.78, 5) is 11.7. The molecule has 4 aliphatic rings. The largest absolute Gasteiger partial charge is 0.479 e. The third kappa shape index (κ3) is 7.26. The number of aliphatic hydroxyl groups is 12. The van der Waals surface area contributed by atoms with Gasteiger partial charge in [-0.2, -0.15) is 0 Å². The van der Waals surface area contributed by atoms with E-state index in [0.717, 1.165) is 0 Å². The molecule has 20 atom stereocenters. The maximum atomic E-state index is 11.7. The lowest BCUT2D eigenvalue weighted by Gasteiger charge is -2.48. The average Bonchev–Trinajstić information content (AvgIpc) is 3.00. The van der Waals surface area contributed by atoms with E-state index >= 15 is 0 Å². The molecule has 0 aromatic carbocycles. The molecule has 21 heteroatoms. The number of carboxylic acids is 1. The van der Waals surface area contributed by atoms with E-state index < -0.39 is 142 Å². The maximum Gasteiger partial charge on any atom is 0.335 e. The number of hydrogen-bond donors (Lipinski definition) is 13. The normalized spacial score (nSPS) is 52.8. The molecular weight excluding hydrogens is 624 g/mol. The number of ether oxygens (including phenoxy) is 7. The van der Waals surface area contributed by atoms with Crippen LogP contribution in [0.1, 0.15) is 6.92 Å². The Morgan fingerprint density at radius 2 is 1.00 bits per heavy atom. The monoisotopic (exact) mass is 664 g/mol. The van der Waals surface area contributed by atoms with E-state index in [-0.39, 0.29) is 0 Å². The Balaban J connectivity index is 1.54. The van der Waals surface area contributed by atoms with Crippen LogP contribution in [0, 0.1) is 0 Å². The molecule has 13 N–H and O–H groups in total. The van der Waals surface area contributed by atoms with E-state index in [4.69, 9.17) is 33.2 Å². The molecule has 45 heavy (non-hydrogen) atoms. The van der Waals surface area contributed by atoms with Gasteiger partial charge in [0.2, 0.25) is 0 Å². The molecule has 0 aliphatic carbocycles. The van der Waals surface area contributed by atoms with Crippen LogP contribution in [0.25, 0.3) is 0 Å². The summed E-state index contributed by atoms with van der Waals surface area (Å²) in [5, 5.41) is 133. The second-order valence-electron chi connectivity index (χ2n) is 11.2. The van der Waals surface area contributed by atoms with Crippen molar-refractivity contribution in [3.05, 3.63) is 0 Å². The van der Waals surface area contributed by atoms with E-state index in [1.165, 1.54) is 6.92 Å². The predicted molar refractivity (Wildman–Crippen MR) is 133 cm³/mol. The fraction of sp³-hybridized carbons (Fsp3) is 0.958. The Hall–Kier alpha value is -1.29. The van der Waals surface area contributed by atoms with Crippen LogP contribution in [-0.2, 0) is 38.0 Å². The van der Waals surface area contributed by atoms with Gasteiger partial charge in [-0.3, -0.25) is 0 Å². The van der Waals surface area contributed by atoms with Crippen molar-refractivity contribution < 1.29 is 104 Å². The molecule has 0 unspecified atom stereocenters. The Morgan fingerprint density at radius 1 is 0.533 bits per heavy atom. The highest BCUT2D eigenvalue weighted by Crippen LogP contribution is 2.34. The molecule has 0 aromatic heterocycles. The quantitative estimate of drug-likeness (QED) is 0.109. The summed E-state index contributed by atoms with van der Waals surface area (Å²) in [6.45, 7) is -0.433. The summed E-state index contributed by atoms with van der Waals surface area (Å²) in [5.41, 5.74) is 0. The van der Waals surface area contributed by atoms with Gasteiger partial charge in [-0.05, 0) is 6.92 Å². The molecule has 4 heterocycles. The molecule has 262 valence electrons. The second kappa shape index (κ2) is 14.9. The van der Waals surface area contributed by atoms with E-state index in [1.54, 1.807) is 0 Å². The van der Waals surface area contributed by atoms with Gasteiger partial charge in [0.25, 0.3) is 0 Å². The Kier molecular flexibility index (Phi) is 12.1. The van der Waals surface area contributed by atoms with E-state index in [9.17, 15) is 71.2 Å². The lowest BCUT2D eigenvalue weighted by molar-refractivity contribution is -0.392. The van der Waals surface area contributed by atoms with Gasteiger partial charge in [-0.1, -0.05) is 0 Å². The highest BCUT2D eigenvalue weighted by atomic mass is 16.8. The van der Waals surface area contributed by atoms with Crippen molar-refractivity contribution >= 4 is 5.97 Å². The molecule has 21 nitrogen and oxygen atoms in total. The van der Waals surface area contributed by atoms with Crippen LogP contribution in [0.2, 0.25) is 0 Å². The summed E-state index contributed by atoms with van der Waals surface area (Å²) in [6.07, 6.45) is -37.0. The SMILES string of the molecule is C[C@@H]1O[C@@H](O[C@@H]2[C@H](O)[C@@H](O)[C@H](O[C@H]3[C@H](O)[C@@H](C(=O)O)O[C@@H](O)[C@@H]3O[C@@H]3O[C@H](CO)[C@@H](O)[C@H](O)[C@H]3O)O[C@@H]2CO)[C@H](O)[C@H](O)[C@H]1O. The first-order chi connectivity index (χ1) is 21.1. The molecule has 0 aromatic rings. The van der Waals surface area contributed by atoms with Crippen LogP contribution in [0.4, 0.5) is 0 Å². The Bertz CT molecular complexity index is 971. The van der Waals surface area contributed by atoms with Gasteiger partial charge in [-0.15, -0.1) is 0 Å². The Morgan fingerprint density at radius 3 is 1.56 bits per heavy atom. The molecule has 4 fully saturated rings. The second-order valence-corrected chi connectivity index (χ2v) is 11.2. The van der Waals surface area contributed by atoms with Crippen LogP contribution in [-0.4, -0.2) is 208 Å². The van der Waals surface area contributed by atoms with Crippen molar-refractivity contribution in [3.63, 3.8) is 0 Å². The van der Waals surface area contributed by atoms with Crippen molar-refractivity contribution in [2.45, 2.75) is 130 Å². The van der Waals surface area contributed by atoms with Gasteiger partial charge in [0.05, 0.1) is 19.3 Å². The first-order valence-electron chi connectivity index (χ1n) is 14.0. The molecule has 4 rings (SSSR count). The molecule has 0 radical (unpaired) electrons. The molecular formula is C24H40O21. The number of carbonyl (C=O) groups is 1. The van der Waals surface area contributed by atoms with Crippen LogP contribution in [0.5, 0.6) is 0 Å². The van der Waals surface area contributed by atoms with Gasteiger partial charge >= 0.3 is 5.97 Å².